The Bertz CT molecular complexity index is 488. The molecule has 0 aromatic heterocycles. The van der Waals surface area contributed by atoms with Crippen LogP contribution in [0.2, 0.25) is 0 Å². The zero-order chi connectivity index (χ0) is 15.4. The third kappa shape index (κ3) is 2.20. The van der Waals surface area contributed by atoms with Crippen LogP contribution >= 0.6 is 23.5 Å². The first-order valence-electron chi connectivity index (χ1n) is 7.32. The Morgan fingerprint density at radius 3 is 2.00 bits per heavy atom. The number of hydrogen-bond acceptors (Lipinski definition) is 5. The summed E-state index contributed by atoms with van der Waals surface area (Å²) >= 11 is 3.05. The van der Waals surface area contributed by atoms with Gasteiger partial charge in [-0.25, -0.2) is 0 Å². The van der Waals surface area contributed by atoms with Crippen LogP contribution in [0.15, 0.2) is 0 Å². The Balaban J connectivity index is 1.95. The average molecular weight is 328 g/mol. The second-order valence-corrected chi connectivity index (χ2v) is 10.2. The van der Waals surface area contributed by atoms with Gasteiger partial charge in [0.15, 0.2) is 0 Å². The lowest BCUT2D eigenvalue weighted by Crippen LogP contribution is -2.61. The van der Waals surface area contributed by atoms with E-state index in [0.717, 1.165) is 19.3 Å². The summed E-state index contributed by atoms with van der Waals surface area (Å²) in [5.74, 6) is -0.958. The summed E-state index contributed by atoms with van der Waals surface area (Å²) in [4.78, 5) is 38.8. The number of amides is 3. The smallest absolute Gasteiger partial charge is 0.245 e. The molecule has 21 heavy (non-hydrogen) atoms. The van der Waals surface area contributed by atoms with Crippen LogP contribution in [-0.4, -0.2) is 42.7 Å². The third-order valence-electron chi connectivity index (χ3n) is 4.59. The van der Waals surface area contributed by atoms with Gasteiger partial charge in [-0.05, 0) is 26.7 Å². The number of thioether (sulfide) groups is 2. The van der Waals surface area contributed by atoms with Crippen LogP contribution in [0.3, 0.4) is 0 Å². The zero-order valence-corrected chi connectivity index (χ0v) is 13.9. The minimum atomic E-state index is -1.08. The van der Waals surface area contributed by atoms with E-state index in [2.05, 4.69) is 0 Å². The number of carbonyl (C=O) groups is 3. The number of fused-ring (bicyclic) bond motifs is 1. The third-order valence-corrected chi connectivity index (χ3v) is 7.93. The predicted molar refractivity (Wildman–Crippen MR) is 83.7 cm³/mol. The molecule has 3 aliphatic rings. The maximum atomic E-state index is 12.8. The molecule has 7 heteroatoms. The highest BCUT2D eigenvalue weighted by Crippen LogP contribution is 2.56. The SMILES string of the molecule is CC1(C)SC2C(=O)N(C3(C(N)=O)CCCCC3)C(=O)C2S1. The van der Waals surface area contributed by atoms with Crippen molar-refractivity contribution in [2.24, 2.45) is 5.73 Å². The number of primary amides is 1. The number of likely N-dealkylation sites (tertiary alicyclic amines) is 1. The van der Waals surface area contributed by atoms with E-state index in [4.69, 9.17) is 5.73 Å². The molecule has 5 nitrogen and oxygen atoms in total. The van der Waals surface area contributed by atoms with Crippen molar-refractivity contribution in [1.82, 2.24) is 4.90 Å². The van der Waals surface area contributed by atoms with Gasteiger partial charge in [-0.15, -0.1) is 23.5 Å². The largest absolute Gasteiger partial charge is 0.368 e. The highest BCUT2D eigenvalue weighted by Gasteiger charge is 2.62. The van der Waals surface area contributed by atoms with Crippen molar-refractivity contribution in [3.8, 4) is 0 Å². The molecule has 1 saturated carbocycles. The molecule has 1 aliphatic carbocycles. The van der Waals surface area contributed by atoms with E-state index >= 15 is 0 Å². The standard InChI is InChI=1S/C14H20N2O3S2/c1-13(2)20-8-9(21-13)11(18)16(10(8)17)14(12(15)19)6-4-3-5-7-14/h8-9H,3-7H2,1-2H3,(H2,15,19). The summed E-state index contributed by atoms with van der Waals surface area (Å²) in [5.41, 5.74) is 4.53. The van der Waals surface area contributed by atoms with E-state index < -0.39 is 11.4 Å². The topological polar surface area (TPSA) is 80.5 Å². The van der Waals surface area contributed by atoms with Crippen molar-refractivity contribution < 1.29 is 14.4 Å². The molecule has 116 valence electrons. The van der Waals surface area contributed by atoms with Gasteiger partial charge < -0.3 is 5.73 Å². The molecule has 3 amide bonds. The average Bonchev–Trinajstić information content (AvgIpc) is 2.85. The van der Waals surface area contributed by atoms with E-state index in [1.165, 1.54) is 28.4 Å². The minimum absolute atomic E-state index is 0.140. The second-order valence-electron chi connectivity index (χ2n) is 6.45. The number of hydrogen-bond donors (Lipinski definition) is 1. The molecular weight excluding hydrogens is 308 g/mol. The summed E-state index contributed by atoms with van der Waals surface area (Å²) in [6, 6.07) is 0. The van der Waals surface area contributed by atoms with Gasteiger partial charge in [0.25, 0.3) is 0 Å². The first-order valence-corrected chi connectivity index (χ1v) is 9.08. The van der Waals surface area contributed by atoms with Crippen molar-refractivity contribution in [2.45, 2.75) is 66.1 Å². The molecule has 0 aromatic carbocycles. The molecule has 0 radical (unpaired) electrons. The van der Waals surface area contributed by atoms with Crippen molar-refractivity contribution in [2.75, 3.05) is 0 Å². The van der Waals surface area contributed by atoms with E-state index in [1.54, 1.807) is 0 Å². The fraction of sp³-hybridized carbons (Fsp3) is 0.786. The van der Waals surface area contributed by atoms with Crippen molar-refractivity contribution in [1.29, 1.82) is 0 Å². The minimum Gasteiger partial charge on any atom is -0.368 e. The second kappa shape index (κ2) is 4.91. The van der Waals surface area contributed by atoms with Crippen LogP contribution in [0.4, 0.5) is 0 Å². The van der Waals surface area contributed by atoms with Gasteiger partial charge in [-0.3, -0.25) is 19.3 Å². The number of rotatable bonds is 2. The van der Waals surface area contributed by atoms with Gasteiger partial charge in [-0.2, -0.15) is 0 Å². The van der Waals surface area contributed by atoms with Gasteiger partial charge in [0, 0.05) is 0 Å². The lowest BCUT2D eigenvalue weighted by molar-refractivity contribution is -0.154. The first kappa shape index (κ1) is 15.2. The monoisotopic (exact) mass is 328 g/mol. The molecule has 2 N–H and O–H groups in total. The fourth-order valence-corrected chi connectivity index (χ4v) is 6.92. The number of imide groups is 1. The van der Waals surface area contributed by atoms with Crippen molar-refractivity contribution >= 4 is 41.2 Å². The van der Waals surface area contributed by atoms with Gasteiger partial charge in [0.1, 0.15) is 16.0 Å². The van der Waals surface area contributed by atoms with Gasteiger partial charge >= 0.3 is 0 Å². The molecule has 2 aliphatic heterocycles. The molecular formula is C14H20N2O3S2. The highest BCUT2D eigenvalue weighted by atomic mass is 32.2. The van der Waals surface area contributed by atoms with Crippen molar-refractivity contribution in [3.05, 3.63) is 0 Å². The maximum Gasteiger partial charge on any atom is 0.245 e. The molecule has 2 unspecified atom stereocenters. The molecule has 0 bridgehead atoms. The Morgan fingerprint density at radius 1 is 1.10 bits per heavy atom. The molecule has 3 rings (SSSR count). The summed E-state index contributed by atoms with van der Waals surface area (Å²) in [6.07, 6.45) is 3.72. The van der Waals surface area contributed by atoms with E-state index in [1.807, 2.05) is 13.8 Å². The Morgan fingerprint density at radius 2 is 1.57 bits per heavy atom. The predicted octanol–water partition coefficient (Wildman–Crippen LogP) is 1.50. The lowest BCUT2D eigenvalue weighted by Gasteiger charge is -2.41. The summed E-state index contributed by atoms with van der Waals surface area (Å²) in [7, 11) is 0. The lowest BCUT2D eigenvalue weighted by atomic mass is 9.79. The van der Waals surface area contributed by atoms with Crippen molar-refractivity contribution in [3.63, 3.8) is 0 Å². The van der Waals surface area contributed by atoms with Crippen LogP contribution in [0.5, 0.6) is 0 Å². The molecule has 2 heterocycles. The fourth-order valence-electron chi connectivity index (χ4n) is 3.62. The first-order chi connectivity index (χ1) is 9.78. The summed E-state index contributed by atoms with van der Waals surface area (Å²) in [6.45, 7) is 4.05. The van der Waals surface area contributed by atoms with Crippen LogP contribution in [0, 0.1) is 0 Å². The number of nitrogens with two attached hydrogens (primary N) is 1. The van der Waals surface area contributed by atoms with E-state index in [9.17, 15) is 14.4 Å². The highest BCUT2D eigenvalue weighted by molar-refractivity contribution is 8.22. The normalized spacial score (nSPS) is 34.1. The van der Waals surface area contributed by atoms with Gasteiger partial charge in [-0.1, -0.05) is 19.3 Å². The number of nitrogens with zero attached hydrogens (tertiary/aromatic N) is 1. The van der Waals surface area contributed by atoms with Crippen LogP contribution in [0.25, 0.3) is 0 Å². The summed E-state index contributed by atoms with van der Waals surface area (Å²) < 4.78 is -0.140. The van der Waals surface area contributed by atoms with Crippen LogP contribution in [0.1, 0.15) is 46.0 Å². The molecule has 0 aromatic rings. The Labute approximate surface area is 132 Å². The quantitative estimate of drug-likeness (QED) is 0.777. The zero-order valence-electron chi connectivity index (χ0n) is 12.3. The Hall–Kier alpha value is -0.690. The molecule has 0 spiro atoms. The Kier molecular flexibility index (Phi) is 3.56. The molecule has 2 atom stereocenters. The van der Waals surface area contributed by atoms with Gasteiger partial charge in [0.2, 0.25) is 17.7 Å². The number of carbonyl (C=O) groups excluding carboxylic acids is 3. The molecule has 2 saturated heterocycles. The van der Waals surface area contributed by atoms with E-state index in [-0.39, 0.29) is 26.4 Å². The molecule has 3 fully saturated rings. The van der Waals surface area contributed by atoms with Crippen LogP contribution < -0.4 is 5.73 Å². The van der Waals surface area contributed by atoms with E-state index in [0.29, 0.717) is 12.8 Å². The van der Waals surface area contributed by atoms with Gasteiger partial charge in [0.05, 0.1) is 4.08 Å². The maximum absolute atomic E-state index is 12.8. The summed E-state index contributed by atoms with van der Waals surface area (Å²) in [5, 5.41) is -0.730. The van der Waals surface area contributed by atoms with Crippen LogP contribution in [-0.2, 0) is 14.4 Å².